The summed E-state index contributed by atoms with van der Waals surface area (Å²) in [6.07, 6.45) is 10.4. The molecule has 0 aromatic rings. The van der Waals surface area contributed by atoms with Crippen molar-refractivity contribution >= 4 is 0 Å². The van der Waals surface area contributed by atoms with E-state index in [1.165, 1.54) is 38.8 Å². The first-order valence-electron chi connectivity index (χ1n) is 8.20. The molecular formula is C17H32N2. The number of hydrogen-bond acceptors (Lipinski definition) is 2. The standard InChI is InChI=1S/C17H32N2/c1-13(2)19(4)10-6-5-9-18-14(3)17-12-15-7-8-16(17)11-15/h7-8,13-18H,5-6,9-12H2,1-4H3. The zero-order valence-electron chi connectivity index (χ0n) is 13.2. The largest absolute Gasteiger partial charge is 0.314 e. The molecular weight excluding hydrogens is 232 g/mol. The lowest BCUT2D eigenvalue weighted by Crippen LogP contribution is -2.36. The molecule has 2 bridgehead atoms. The molecule has 2 rings (SSSR count). The molecule has 19 heavy (non-hydrogen) atoms. The monoisotopic (exact) mass is 264 g/mol. The van der Waals surface area contributed by atoms with Crippen molar-refractivity contribution in [3.8, 4) is 0 Å². The van der Waals surface area contributed by atoms with Gasteiger partial charge in [-0.25, -0.2) is 0 Å². The van der Waals surface area contributed by atoms with E-state index in [-0.39, 0.29) is 0 Å². The second kappa shape index (κ2) is 6.90. The Bertz CT molecular complexity index is 298. The van der Waals surface area contributed by atoms with Gasteiger partial charge in [0.15, 0.2) is 0 Å². The number of hydrogen-bond donors (Lipinski definition) is 1. The van der Waals surface area contributed by atoms with Crippen LogP contribution in [0.25, 0.3) is 0 Å². The lowest BCUT2D eigenvalue weighted by atomic mass is 9.87. The van der Waals surface area contributed by atoms with E-state index < -0.39 is 0 Å². The summed E-state index contributed by atoms with van der Waals surface area (Å²) in [7, 11) is 2.22. The van der Waals surface area contributed by atoms with E-state index in [0.717, 1.165) is 17.8 Å². The summed E-state index contributed by atoms with van der Waals surface area (Å²) >= 11 is 0. The minimum absolute atomic E-state index is 0.674. The third kappa shape index (κ3) is 4.06. The second-order valence-electron chi connectivity index (χ2n) is 6.97. The van der Waals surface area contributed by atoms with Crippen LogP contribution >= 0.6 is 0 Å². The first kappa shape index (κ1) is 15.1. The Balaban J connectivity index is 1.55. The molecule has 2 aliphatic carbocycles. The van der Waals surface area contributed by atoms with E-state index in [1.54, 1.807) is 0 Å². The van der Waals surface area contributed by atoms with Crippen LogP contribution in [-0.2, 0) is 0 Å². The van der Waals surface area contributed by atoms with Crippen LogP contribution in [0.1, 0.15) is 46.5 Å². The second-order valence-corrected chi connectivity index (χ2v) is 6.97. The van der Waals surface area contributed by atoms with Crippen molar-refractivity contribution in [3.05, 3.63) is 12.2 Å². The Morgan fingerprint density at radius 2 is 1.95 bits per heavy atom. The number of nitrogens with one attached hydrogen (secondary N) is 1. The number of nitrogens with zero attached hydrogens (tertiary/aromatic N) is 1. The Morgan fingerprint density at radius 1 is 1.16 bits per heavy atom. The predicted molar refractivity (Wildman–Crippen MR) is 83.3 cm³/mol. The number of unbranched alkanes of at least 4 members (excludes halogenated alkanes) is 1. The molecule has 2 aliphatic rings. The fourth-order valence-corrected chi connectivity index (χ4v) is 3.62. The first-order chi connectivity index (χ1) is 9.08. The van der Waals surface area contributed by atoms with Crippen LogP contribution in [0, 0.1) is 17.8 Å². The van der Waals surface area contributed by atoms with Gasteiger partial charge in [-0.3, -0.25) is 0 Å². The predicted octanol–water partition coefficient (Wildman–Crippen LogP) is 3.30. The minimum Gasteiger partial charge on any atom is -0.314 e. The van der Waals surface area contributed by atoms with Crippen LogP contribution in [0.4, 0.5) is 0 Å². The molecule has 0 spiro atoms. The molecule has 0 heterocycles. The van der Waals surface area contributed by atoms with Crippen LogP contribution in [0.2, 0.25) is 0 Å². The van der Waals surface area contributed by atoms with Gasteiger partial charge in [-0.2, -0.15) is 0 Å². The van der Waals surface area contributed by atoms with E-state index >= 15 is 0 Å². The smallest absolute Gasteiger partial charge is 0.00728 e. The lowest BCUT2D eigenvalue weighted by Gasteiger charge is -2.26. The molecule has 0 aromatic carbocycles. The Morgan fingerprint density at radius 3 is 2.53 bits per heavy atom. The third-order valence-corrected chi connectivity index (χ3v) is 5.26. The van der Waals surface area contributed by atoms with Crippen molar-refractivity contribution in [2.45, 2.75) is 58.5 Å². The summed E-state index contributed by atoms with van der Waals surface area (Å²) in [5.74, 6) is 2.67. The van der Waals surface area contributed by atoms with E-state index in [4.69, 9.17) is 0 Å². The Labute approximate surface area is 119 Å². The maximum Gasteiger partial charge on any atom is 0.00728 e. The molecule has 0 radical (unpaired) electrons. The number of fused-ring (bicyclic) bond motifs is 2. The summed E-state index contributed by atoms with van der Waals surface area (Å²) in [6, 6.07) is 1.37. The molecule has 0 amide bonds. The van der Waals surface area contributed by atoms with Crippen LogP contribution in [0.3, 0.4) is 0 Å². The SMILES string of the molecule is CC(NCCCCN(C)C(C)C)C1CC2C=CC1C2. The highest BCUT2D eigenvalue weighted by Gasteiger charge is 2.38. The van der Waals surface area contributed by atoms with Gasteiger partial charge in [-0.05, 0) is 84.3 Å². The molecule has 0 aliphatic heterocycles. The van der Waals surface area contributed by atoms with Gasteiger partial charge in [0, 0.05) is 12.1 Å². The van der Waals surface area contributed by atoms with Gasteiger partial charge in [0.2, 0.25) is 0 Å². The number of allylic oxidation sites excluding steroid dienone is 2. The number of rotatable bonds is 8. The van der Waals surface area contributed by atoms with Gasteiger partial charge in [-0.15, -0.1) is 0 Å². The highest BCUT2D eigenvalue weighted by Crippen LogP contribution is 2.44. The molecule has 4 unspecified atom stereocenters. The molecule has 110 valence electrons. The highest BCUT2D eigenvalue weighted by atomic mass is 15.1. The minimum atomic E-state index is 0.674. The normalized spacial score (nSPS) is 30.7. The lowest BCUT2D eigenvalue weighted by molar-refractivity contribution is 0.265. The molecule has 4 atom stereocenters. The summed E-state index contributed by atoms with van der Waals surface area (Å²) in [4.78, 5) is 2.43. The fraction of sp³-hybridized carbons (Fsp3) is 0.882. The summed E-state index contributed by atoms with van der Waals surface area (Å²) in [6.45, 7) is 9.33. The van der Waals surface area contributed by atoms with E-state index in [9.17, 15) is 0 Å². The summed E-state index contributed by atoms with van der Waals surface area (Å²) in [5.41, 5.74) is 0. The van der Waals surface area contributed by atoms with Gasteiger partial charge in [0.05, 0.1) is 0 Å². The van der Waals surface area contributed by atoms with Gasteiger partial charge in [0.25, 0.3) is 0 Å². The van der Waals surface area contributed by atoms with Gasteiger partial charge < -0.3 is 10.2 Å². The topological polar surface area (TPSA) is 15.3 Å². The molecule has 1 fully saturated rings. The average Bonchev–Trinajstić information content (AvgIpc) is 2.99. The quantitative estimate of drug-likeness (QED) is 0.534. The first-order valence-corrected chi connectivity index (χ1v) is 8.20. The van der Waals surface area contributed by atoms with Crippen LogP contribution in [-0.4, -0.2) is 37.1 Å². The van der Waals surface area contributed by atoms with Gasteiger partial charge >= 0.3 is 0 Å². The fourth-order valence-electron chi connectivity index (χ4n) is 3.62. The summed E-state index contributed by atoms with van der Waals surface area (Å²) < 4.78 is 0. The van der Waals surface area contributed by atoms with Gasteiger partial charge in [-0.1, -0.05) is 12.2 Å². The van der Waals surface area contributed by atoms with Crippen LogP contribution < -0.4 is 5.32 Å². The zero-order chi connectivity index (χ0) is 13.8. The molecule has 2 nitrogen and oxygen atoms in total. The van der Waals surface area contributed by atoms with Crippen LogP contribution in [0.5, 0.6) is 0 Å². The van der Waals surface area contributed by atoms with E-state index in [2.05, 4.69) is 50.2 Å². The van der Waals surface area contributed by atoms with Crippen molar-refractivity contribution in [3.63, 3.8) is 0 Å². The van der Waals surface area contributed by atoms with Gasteiger partial charge in [0.1, 0.15) is 0 Å². The molecule has 1 N–H and O–H groups in total. The van der Waals surface area contributed by atoms with Crippen LogP contribution in [0.15, 0.2) is 12.2 Å². The highest BCUT2D eigenvalue weighted by molar-refractivity contribution is 5.11. The maximum atomic E-state index is 3.76. The van der Waals surface area contributed by atoms with Crippen molar-refractivity contribution < 1.29 is 0 Å². The van der Waals surface area contributed by atoms with E-state index in [0.29, 0.717) is 12.1 Å². The van der Waals surface area contributed by atoms with Crippen molar-refractivity contribution in [1.29, 1.82) is 0 Å². The van der Waals surface area contributed by atoms with Crippen molar-refractivity contribution in [2.75, 3.05) is 20.1 Å². The van der Waals surface area contributed by atoms with Crippen molar-refractivity contribution in [1.82, 2.24) is 10.2 Å². The average molecular weight is 264 g/mol. The molecule has 0 saturated heterocycles. The molecule has 2 heteroatoms. The van der Waals surface area contributed by atoms with Crippen molar-refractivity contribution in [2.24, 2.45) is 17.8 Å². The Hall–Kier alpha value is -0.340. The van der Waals surface area contributed by atoms with E-state index in [1.807, 2.05) is 0 Å². The molecule has 0 aromatic heterocycles. The third-order valence-electron chi connectivity index (χ3n) is 5.26. The zero-order valence-corrected chi connectivity index (χ0v) is 13.2. The Kier molecular flexibility index (Phi) is 5.47. The summed E-state index contributed by atoms with van der Waals surface area (Å²) in [5, 5.41) is 3.76. The maximum absolute atomic E-state index is 3.76. The molecule has 1 saturated carbocycles.